The molecule has 106 valence electrons. The van der Waals surface area contributed by atoms with Crippen LogP contribution >= 0.6 is 11.6 Å². The molecule has 0 bridgehead atoms. The van der Waals surface area contributed by atoms with Gasteiger partial charge in [-0.15, -0.1) is 0 Å². The number of rotatable bonds is 4. The van der Waals surface area contributed by atoms with E-state index in [0.717, 1.165) is 17.5 Å². The van der Waals surface area contributed by atoms with E-state index in [9.17, 15) is 4.79 Å². The monoisotopic (exact) mass is 294 g/mol. The normalized spacial score (nSPS) is 10.6. The van der Waals surface area contributed by atoms with Crippen LogP contribution in [0.5, 0.6) is 5.75 Å². The van der Waals surface area contributed by atoms with Gasteiger partial charge in [0, 0.05) is 12.6 Å². The van der Waals surface area contributed by atoms with Crippen molar-refractivity contribution >= 4 is 17.6 Å². The Bertz CT molecular complexity index is 665. The predicted octanol–water partition coefficient (Wildman–Crippen LogP) is 3.01. The van der Waals surface area contributed by atoms with Gasteiger partial charge in [0.2, 0.25) is 0 Å². The van der Waals surface area contributed by atoms with Gasteiger partial charge in [-0.25, -0.2) is 4.79 Å². The first-order chi connectivity index (χ1) is 9.47. The summed E-state index contributed by atoms with van der Waals surface area (Å²) in [6.45, 7) is 2.02. The number of ether oxygens (including phenoxy) is 1. The minimum Gasteiger partial charge on any atom is -0.494 e. The number of halogens is 1. The molecule has 0 fully saturated rings. The number of aromatic carboxylic acids is 1. The van der Waals surface area contributed by atoms with Crippen LogP contribution in [0.25, 0.3) is 11.3 Å². The fourth-order valence-corrected chi connectivity index (χ4v) is 2.39. The number of benzene rings is 1. The Morgan fingerprint density at radius 3 is 2.65 bits per heavy atom. The fraction of sp³-hybridized carbons (Fsp3) is 0.286. The van der Waals surface area contributed by atoms with Crippen LogP contribution in [0.15, 0.2) is 18.2 Å². The van der Waals surface area contributed by atoms with Crippen molar-refractivity contribution in [2.45, 2.75) is 13.3 Å². The van der Waals surface area contributed by atoms with Gasteiger partial charge < -0.3 is 9.84 Å². The molecule has 1 heterocycles. The van der Waals surface area contributed by atoms with Gasteiger partial charge in [-0.2, -0.15) is 5.10 Å². The number of aromatic nitrogens is 2. The smallest absolute Gasteiger partial charge is 0.356 e. The highest BCUT2D eigenvalue weighted by atomic mass is 35.5. The number of hydrogen-bond donors (Lipinski definition) is 1. The third-order valence-electron chi connectivity index (χ3n) is 3.09. The molecule has 0 aliphatic rings. The van der Waals surface area contributed by atoms with Gasteiger partial charge in [0.15, 0.2) is 5.69 Å². The molecule has 0 amide bonds. The zero-order chi connectivity index (χ0) is 14.9. The van der Waals surface area contributed by atoms with E-state index >= 15 is 0 Å². The molecule has 0 radical (unpaired) electrons. The largest absolute Gasteiger partial charge is 0.494 e. The van der Waals surface area contributed by atoms with Crippen LogP contribution < -0.4 is 4.74 Å². The second-order valence-electron chi connectivity index (χ2n) is 4.36. The molecule has 2 rings (SSSR count). The molecule has 0 spiro atoms. The van der Waals surface area contributed by atoms with Gasteiger partial charge in [0.25, 0.3) is 0 Å². The summed E-state index contributed by atoms with van der Waals surface area (Å²) in [5, 5.41) is 13.5. The summed E-state index contributed by atoms with van der Waals surface area (Å²) in [6, 6.07) is 5.29. The van der Waals surface area contributed by atoms with Crippen LogP contribution in [-0.2, 0) is 13.5 Å². The molecular weight excluding hydrogens is 280 g/mol. The SMILES string of the molecule is CCc1cc(Cl)c(OC)c(-c2cc(C(=O)O)nn2C)c1. The zero-order valence-electron chi connectivity index (χ0n) is 11.5. The summed E-state index contributed by atoms with van der Waals surface area (Å²) in [7, 11) is 3.22. The number of hydrogen-bond acceptors (Lipinski definition) is 3. The summed E-state index contributed by atoms with van der Waals surface area (Å²) in [6.07, 6.45) is 0.820. The van der Waals surface area contributed by atoms with Gasteiger partial charge in [-0.3, -0.25) is 4.68 Å². The molecule has 0 aliphatic carbocycles. The molecule has 1 N–H and O–H groups in total. The lowest BCUT2D eigenvalue weighted by atomic mass is 10.0. The Labute approximate surface area is 121 Å². The summed E-state index contributed by atoms with van der Waals surface area (Å²) < 4.78 is 6.85. The van der Waals surface area contributed by atoms with E-state index in [0.29, 0.717) is 16.5 Å². The molecule has 1 aromatic heterocycles. The van der Waals surface area contributed by atoms with Crippen LogP contribution in [0.4, 0.5) is 0 Å². The second kappa shape index (κ2) is 5.54. The average Bonchev–Trinajstić information content (AvgIpc) is 2.80. The van der Waals surface area contributed by atoms with E-state index in [-0.39, 0.29) is 5.69 Å². The molecule has 5 nitrogen and oxygen atoms in total. The lowest BCUT2D eigenvalue weighted by Crippen LogP contribution is -2.00. The molecule has 6 heteroatoms. The van der Waals surface area contributed by atoms with Gasteiger partial charge in [0.1, 0.15) is 5.75 Å². The van der Waals surface area contributed by atoms with E-state index < -0.39 is 5.97 Å². The fourth-order valence-electron chi connectivity index (χ4n) is 2.08. The topological polar surface area (TPSA) is 64.3 Å². The number of nitrogens with zero attached hydrogens (tertiary/aromatic N) is 2. The molecule has 0 aliphatic heterocycles. The summed E-state index contributed by atoms with van der Waals surface area (Å²) in [5.74, 6) is -0.549. The molecule has 2 aromatic rings. The summed E-state index contributed by atoms with van der Waals surface area (Å²) in [4.78, 5) is 11.0. The highest BCUT2D eigenvalue weighted by molar-refractivity contribution is 6.32. The van der Waals surface area contributed by atoms with Crippen LogP contribution in [0.1, 0.15) is 23.0 Å². The van der Waals surface area contributed by atoms with Crippen molar-refractivity contribution in [3.8, 4) is 17.0 Å². The predicted molar refractivity (Wildman–Crippen MR) is 76.5 cm³/mol. The molecule has 1 aromatic carbocycles. The first-order valence-electron chi connectivity index (χ1n) is 6.12. The number of aryl methyl sites for hydroxylation is 2. The van der Waals surface area contributed by atoms with E-state index in [2.05, 4.69) is 5.10 Å². The number of carboxylic acid groups (broad SMARTS) is 1. The quantitative estimate of drug-likeness (QED) is 0.941. The lowest BCUT2D eigenvalue weighted by molar-refractivity contribution is 0.0689. The van der Waals surface area contributed by atoms with Crippen molar-refractivity contribution in [2.75, 3.05) is 7.11 Å². The molecule has 0 atom stereocenters. The maximum Gasteiger partial charge on any atom is 0.356 e. The highest BCUT2D eigenvalue weighted by Crippen LogP contribution is 2.37. The van der Waals surface area contributed by atoms with Gasteiger partial charge >= 0.3 is 5.97 Å². The van der Waals surface area contributed by atoms with E-state index in [1.165, 1.54) is 17.9 Å². The molecular formula is C14H15ClN2O3. The number of carbonyl (C=O) groups is 1. The summed E-state index contributed by atoms with van der Waals surface area (Å²) >= 11 is 6.21. The number of methoxy groups -OCH3 is 1. The van der Waals surface area contributed by atoms with Crippen LogP contribution in [-0.4, -0.2) is 28.0 Å². The van der Waals surface area contributed by atoms with Crippen molar-refractivity contribution in [1.29, 1.82) is 0 Å². The van der Waals surface area contributed by atoms with Gasteiger partial charge in [0.05, 0.1) is 17.8 Å². The van der Waals surface area contributed by atoms with Crippen molar-refractivity contribution in [3.05, 3.63) is 34.5 Å². The molecule has 20 heavy (non-hydrogen) atoms. The third kappa shape index (κ3) is 2.49. The third-order valence-corrected chi connectivity index (χ3v) is 3.37. The average molecular weight is 295 g/mol. The van der Waals surface area contributed by atoms with E-state index in [4.69, 9.17) is 21.4 Å². The Kier molecular flexibility index (Phi) is 3.99. The van der Waals surface area contributed by atoms with E-state index in [1.54, 1.807) is 7.05 Å². The first-order valence-corrected chi connectivity index (χ1v) is 6.49. The molecule has 0 saturated carbocycles. The van der Waals surface area contributed by atoms with Crippen molar-refractivity contribution in [1.82, 2.24) is 9.78 Å². The Balaban J connectivity index is 2.67. The van der Waals surface area contributed by atoms with Gasteiger partial charge in [-0.1, -0.05) is 18.5 Å². The number of carboxylic acids is 1. The Morgan fingerprint density at radius 2 is 2.15 bits per heavy atom. The summed E-state index contributed by atoms with van der Waals surface area (Å²) in [5.41, 5.74) is 2.42. The minimum atomic E-state index is -1.07. The van der Waals surface area contributed by atoms with Crippen LogP contribution in [0, 0.1) is 0 Å². The molecule has 0 unspecified atom stereocenters. The van der Waals surface area contributed by atoms with Crippen LogP contribution in [0.2, 0.25) is 5.02 Å². The highest BCUT2D eigenvalue weighted by Gasteiger charge is 2.18. The second-order valence-corrected chi connectivity index (χ2v) is 4.76. The minimum absolute atomic E-state index is 0.0115. The Morgan fingerprint density at radius 1 is 1.45 bits per heavy atom. The van der Waals surface area contributed by atoms with E-state index in [1.807, 2.05) is 19.1 Å². The lowest BCUT2D eigenvalue weighted by Gasteiger charge is -2.12. The van der Waals surface area contributed by atoms with Crippen molar-refractivity contribution in [3.63, 3.8) is 0 Å². The zero-order valence-corrected chi connectivity index (χ0v) is 12.2. The maximum atomic E-state index is 11.0. The van der Waals surface area contributed by atoms with Crippen LogP contribution in [0.3, 0.4) is 0 Å². The van der Waals surface area contributed by atoms with Gasteiger partial charge in [-0.05, 0) is 30.2 Å². The Hall–Kier alpha value is -2.01. The van der Waals surface area contributed by atoms with Crippen molar-refractivity contribution < 1.29 is 14.6 Å². The standard InChI is InChI=1S/C14H15ClN2O3/c1-4-8-5-9(13(20-3)10(15)6-8)12-7-11(14(18)19)16-17(12)2/h5-7H,4H2,1-3H3,(H,18,19). The first kappa shape index (κ1) is 14.4. The maximum absolute atomic E-state index is 11.0. The van der Waals surface area contributed by atoms with Crippen molar-refractivity contribution in [2.24, 2.45) is 7.05 Å². The molecule has 0 saturated heterocycles.